The van der Waals surface area contributed by atoms with Gasteiger partial charge in [-0.2, -0.15) is 0 Å². The quantitative estimate of drug-likeness (QED) is 0.609. The highest BCUT2D eigenvalue weighted by molar-refractivity contribution is 5.98. The summed E-state index contributed by atoms with van der Waals surface area (Å²) in [6.45, 7) is 6.84. The molecule has 0 aliphatic carbocycles. The van der Waals surface area contributed by atoms with Crippen LogP contribution in [0.1, 0.15) is 65.5 Å². The fourth-order valence-corrected chi connectivity index (χ4v) is 5.72. The lowest BCUT2D eigenvalue weighted by Crippen LogP contribution is -2.54. The summed E-state index contributed by atoms with van der Waals surface area (Å²) >= 11 is 0. The van der Waals surface area contributed by atoms with Crippen LogP contribution in [0.5, 0.6) is 0 Å². The first-order chi connectivity index (χ1) is 18.6. The van der Waals surface area contributed by atoms with Crippen molar-refractivity contribution in [2.45, 2.75) is 76.4 Å². The summed E-state index contributed by atoms with van der Waals surface area (Å²) in [6.07, 6.45) is 0.856. The molecule has 2 bridgehead atoms. The van der Waals surface area contributed by atoms with Crippen molar-refractivity contribution in [3.8, 4) is 0 Å². The van der Waals surface area contributed by atoms with Crippen LogP contribution < -0.4 is 5.32 Å². The van der Waals surface area contributed by atoms with Gasteiger partial charge in [-0.05, 0) is 75.4 Å². The van der Waals surface area contributed by atoms with Crippen molar-refractivity contribution < 1.29 is 29.0 Å². The molecule has 3 heterocycles. The molecule has 3 amide bonds. The third kappa shape index (κ3) is 5.94. The van der Waals surface area contributed by atoms with Crippen molar-refractivity contribution in [3.63, 3.8) is 0 Å². The van der Waals surface area contributed by atoms with Gasteiger partial charge in [0.2, 0.25) is 0 Å². The van der Waals surface area contributed by atoms with E-state index in [1.54, 1.807) is 49.9 Å². The number of morpholine rings is 1. The van der Waals surface area contributed by atoms with Crippen LogP contribution in [0.3, 0.4) is 0 Å². The van der Waals surface area contributed by atoms with Crippen molar-refractivity contribution in [3.05, 3.63) is 70.8 Å². The number of carbonyl (C=O) groups excluding carboxylic acids is 3. The maximum Gasteiger partial charge on any atom is 0.410 e. The highest BCUT2D eigenvalue weighted by Gasteiger charge is 2.41. The molecule has 2 fully saturated rings. The number of benzene rings is 2. The second-order valence-corrected chi connectivity index (χ2v) is 11.6. The van der Waals surface area contributed by atoms with E-state index in [4.69, 9.17) is 9.47 Å². The van der Waals surface area contributed by atoms with E-state index < -0.39 is 23.8 Å². The summed E-state index contributed by atoms with van der Waals surface area (Å²) in [4.78, 5) is 42.5. The van der Waals surface area contributed by atoms with E-state index in [2.05, 4.69) is 5.32 Å². The molecule has 9 heteroatoms. The third-order valence-electron chi connectivity index (χ3n) is 7.70. The van der Waals surface area contributed by atoms with Crippen molar-refractivity contribution in [2.75, 3.05) is 19.8 Å². The van der Waals surface area contributed by atoms with Crippen LogP contribution in [-0.2, 0) is 22.4 Å². The summed E-state index contributed by atoms with van der Waals surface area (Å²) in [7, 11) is 0. The average Bonchev–Trinajstić information content (AvgIpc) is 3.17. The Hall–Kier alpha value is -3.43. The molecule has 9 nitrogen and oxygen atoms in total. The molecule has 208 valence electrons. The Labute approximate surface area is 229 Å². The second kappa shape index (κ2) is 11.0. The number of nitrogens with one attached hydrogen (secondary N) is 1. The monoisotopic (exact) mass is 535 g/mol. The van der Waals surface area contributed by atoms with Gasteiger partial charge < -0.3 is 24.8 Å². The molecule has 5 rings (SSSR count). The fraction of sp³-hybridized carbons (Fsp3) is 0.500. The molecular weight excluding hydrogens is 498 g/mol. The van der Waals surface area contributed by atoms with Gasteiger partial charge in [-0.3, -0.25) is 14.5 Å². The SMILES string of the molecule is CC(C)(C)OC(=O)N1Cc2ccccc2C[C@H]1[C@H](O)CNC(=O)c1ccc(C(=O)N2C3CCC2COC3)cc1. The Balaban J connectivity index is 1.22. The molecule has 3 aliphatic rings. The molecule has 2 N–H and O–H groups in total. The maximum atomic E-state index is 13.1. The first-order valence-corrected chi connectivity index (χ1v) is 13.6. The number of aliphatic hydroxyl groups excluding tert-OH is 1. The highest BCUT2D eigenvalue weighted by atomic mass is 16.6. The Bertz CT molecular complexity index is 1210. The molecule has 4 atom stereocenters. The van der Waals surface area contributed by atoms with Crippen LogP contribution >= 0.6 is 0 Å². The molecule has 39 heavy (non-hydrogen) atoms. The summed E-state index contributed by atoms with van der Waals surface area (Å²) < 4.78 is 11.2. The Morgan fingerprint density at radius 1 is 1.00 bits per heavy atom. The van der Waals surface area contributed by atoms with E-state index in [-0.39, 0.29) is 30.4 Å². The van der Waals surface area contributed by atoms with Gasteiger partial charge in [0, 0.05) is 24.2 Å². The first-order valence-electron chi connectivity index (χ1n) is 13.6. The summed E-state index contributed by atoms with van der Waals surface area (Å²) in [5.74, 6) is -0.396. The standard InChI is InChI=1S/C30H37N3O6/c1-30(2,3)39-29(37)32-16-22-7-5-4-6-21(22)14-25(32)26(34)15-31-27(35)19-8-10-20(11-9-19)28(36)33-23-12-13-24(33)18-38-17-23/h4-11,23-26,34H,12-18H2,1-3H3,(H,31,35)/t23?,24?,25-,26+/m0/s1. The predicted octanol–water partition coefficient (Wildman–Crippen LogP) is 3.14. The lowest BCUT2D eigenvalue weighted by molar-refractivity contribution is -0.0113. The van der Waals surface area contributed by atoms with Gasteiger partial charge >= 0.3 is 6.09 Å². The number of rotatable bonds is 5. The zero-order valence-corrected chi connectivity index (χ0v) is 22.8. The summed E-state index contributed by atoms with van der Waals surface area (Å²) in [5.41, 5.74) is 2.32. The van der Waals surface area contributed by atoms with Crippen molar-refractivity contribution in [2.24, 2.45) is 0 Å². The van der Waals surface area contributed by atoms with Gasteiger partial charge in [0.15, 0.2) is 0 Å². The number of ether oxygens (including phenoxy) is 2. The number of fused-ring (bicyclic) bond motifs is 3. The molecule has 0 spiro atoms. The Morgan fingerprint density at radius 2 is 1.62 bits per heavy atom. The van der Waals surface area contributed by atoms with Gasteiger partial charge in [0.25, 0.3) is 11.8 Å². The number of nitrogens with zero attached hydrogens (tertiary/aromatic N) is 2. The molecule has 2 saturated heterocycles. The predicted molar refractivity (Wildman–Crippen MR) is 144 cm³/mol. The highest BCUT2D eigenvalue weighted by Crippen LogP contribution is 2.30. The lowest BCUT2D eigenvalue weighted by atomic mass is 9.91. The molecule has 3 aliphatic heterocycles. The Kier molecular flexibility index (Phi) is 7.64. The van der Waals surface area contributed by atoms with E-state index in [0.717, 1.165) is 24.0 Å². The molecular formula is C30H37N3O6. The van der Waals surface area contributed by atoms with Crippen molar-refractivity contribution >= 4 is 17.9 Å². The molecule has 0 aromatic heterocycles. The molecule has 0 saturated carbocycles. The van der Waals surface area contributed by atoms with Gasteiger partial charge in [0.1, 0.15) is 5.60 Å². The third-order valence-corrected chi connectivity index (χ3v) is 7.70. The van der Waals surface area contributed by atoms with Gasteiger partial charge in [-0.1, -0.05) is 24.3 Å². The zero-order chi connectivity index (χ0) is 27.7. The van der Waals surface area contributed by atoms with Crippen molar-refractivity contribution in [1.29, 1.82) is 0 Å². The van der Waals surface area contributed by atoms with Crippen LogP contribution in [0.25, 0.3) is 0 Å². The largest absolute Gasteiger partial charge is 0.444 e. The van der Waals surface area contributed by atoms with Crippen molar-refractivity contribution in [1.82, 2.24) is 15.1 Å². The molecule has 0 radical (unpaired) electrons. The lowest BCUT2D eigenvalue weighted by Gasteiger charge is -2.40. The normalized spacial score (nSPS) is 23.1. The van der Waals surface area contributed by atoms with E-state index in [1.165, 1.54) is 0 Å². The minimum Gasteiger partial charge on any atom is -0.444 e. The minimum absolute atomic E-state index is 0.0343. The van der Waals surface area contributed by atoms with Gasteiger partial charge in [0.05, 0.1) is 37.4 Å². The number of amides is 3. The van der Waals surface area contributed by atoms with Gasteiger partial charge in [-0.15, -0.1) is 0 Å². The average molecular weight is 536 g/mol. The van der Waals surface area contributed by atoms with Crippen LogP contribution in [0.15, 0.2) is 48.5 Å². The van der Waals surface area contributed by atoms with Crippen LogP contribution in [0, 0.1) is 0 Å². The number of carbonyl (C=O) groups is 3. The second-order valence-electron chi connectivity index (χ2n) is 11.6. The number of aliphatic hydroxyl groups is 1. The first kappa shape index (κ1) is 27.1. The smallest absolute Gasteiger partial charge is 0.410 e. The maximum absolute atomic E-state index is 13.1. The number of hydrogen-bond donors (Lipinski definition) is 2. The topological polar surface area (TPSA) is 108 Å². The fourth-order valence-electron chi connectivity index (χ4n) is 5.72. The molecule has 2 unspecified atom stereocenters. The van der Waals surface area contributed by atoms with E-state index in [0.29, 0.717) is 37.3 Å². The van der Waals surface area contributed by atoms with E-state index in [1.807, 2.05) is 29.2 Å². The van der Waals surface area contributed by atoms with E-state index >= 15 is 0 Å². The van der Waals surface area contributed by atoms with Gasteiger partial charge in [-0.25, -0.2) is 4.79 Å². The summed E-state index contributed by atoms with van der Waals surface area (Å²) in [6, 6.07) is 14.1. The molecule has 2 aromatic carbocycles. The van der Waals surface area contributed by atoms with E-state index in [9.17, 15) is 19.5 Å². The summed E-state index contributed by atoms with van der Waals surface area (Å²) in [5, 5.41) is 13.9. The zero-order valence-electron chi connectivity index (χ0n) is 22.8. The minimum atomic E-state index is -1.01. The van der Waals surface area contributed by atoms with Crippen LogP contribution in [0.2, 0.25) is 0 Å². The van der Waals surface area contributed by atoms with Crippen LogP contribution in [0.4, 0.5) is 4.79 Å². The number of hydrogen-bond acceptors (Lipinski definition) is 6. The molecule has 2 aromatic rings. The Morgan fingerprint density at radius 3 is 2.26 bits per heavy atom. The van der Waals surface area contributed by atoms with Crippen LogP contribution in [-0.4, -0.2) is 82.4 Å².